The van der Waals surface area contributed by atoms with Gasteiger partial charge in [-0.2, -0.15) is 11.6 Å². The smallest absolute Gasteiger partial charge is 1.00 e. The molecular formula is C10H15Cl2OTi. The maximum Gasteiger partial charge on any atom is 3.00 e. The molecule has 0 spiro atoms. The Balaban J connectivity index is -0.000000403. The summed E-state index contributed by atoms with van der Waals surface area (Å²) >= 11 is 0. The Labute approximate surface area is 114 Å². The minimum absolute atomic E-state index is 0. The molecule has 0 unspecified atom stereocenters. The van der Waals surface area contributed by atoms with Gasteiger partial charge in [0.05, 0.1) is 5.60 Å². The number of ether oxygens (including phenoxy) is 1. The molecule has 0 aromatic rings. The molecule has 4 heteroatoms. The van der Waals surface area contributed by atoms with Crippen LogP contribution in [0, 0.1) is 6.08 Å². The van der Waals surface area contributed by atoms with E-state index in [2.05, 4.69) is 39.0 Å². The van der Waals surface area contributed by atoms with Crippen molar-refractivity contribution >= 4 is 0 Å². The second-order valence-electron chi connectivity index (χ2n) is 3.71. The summed E-state index contributed by atoms with van der Waals surface area (Å²) in [5, 5.41) is 0. The van der Waals surface area contributed by atoms with Gasteiger partial charge < -0.3 is 29.6 Å². The van der Waals surface area contributed by atoms with Crippen molar-refractivity contribution in [1.82, 2.24) is 0 Å². The van der Waals surface area contributed by atoms with Crippen molar-refractivity contribution in [2.75, 3.05) is 6.61 Å². The van der Waals surface area contributed by atoms with Crippen LogP contribution in [-0.2, 0) is 26.5 Å². The molecule has 0 aromatic carbocycles. The summed E-state index contributed by atoms with van der Waals surface area (Å²) in [6.07, 6.45) is 8.33. The van der Waals surface area contributed by atoms with Crippen molar-refractivity contribution in [3.63, 3.8) is 0 Å². The van der Waals surface area contributed by atoms with Crippen molar-refractivity contribution in [2.24, 2.45) is 0 Å². The molecule has 0 bridgehead atoms. The average Bonchev–Trinajstić information content (AvgIpc) is 2.32. The minimum atomic E-state index is -0.0366. The molecule has 0 saturated heterocycles. The molecule has 0 heterocycles. The summed E-state index contributed by atoms with van der Waals surface area (Å²) in [6, 6.07) is 0. The molecule has 1 rings (SSSR count). The van der Waals surface area contributed by atoms with Gasteiger partial charge in [0.2, 0.25) is 0 Å². The van der Waals surface area contributed by atoms with Gasteiger partial charge in [0.25, 0.3) is 0 Å². The zero-order valence-corrected chi connectivity index (χ0v) is 11.8. The molecule has 14 heavy (non-hydrogen) atoms. The monoisotopic (exact) mass is 269 g/mol. The summed E-state index contributed by atoms with van der Waals surface area (Å²) in [4.78, 5) is 0. The molecule has 1 aliphatic carbocycles. The summed E-state index contributed by atoms with van der Waals surface area (Å²) in [5.74, 6) is 0. The largest absolute Gasteiger partial charge is 3.00 e. The quantitative estimate of drug-likeness (QED) is 0.374. The van der Waals surface area contributed by atoms with E-state index in [0.717, 1.165) is 6.42 Å². The maximum absolute atomic E-state index is 5.56. The first-order valence-electron chi connectivity index (χ1n) is 3.98. The Bertz CT molecular complexity index is 195. The first kappa shape index (κ1) is 20.2. The fourth-order valence-electron chi connectivity index (χ4n) is 0.844. The van der Waals surface area contributed by atoms with Crippen LogP contribution in [0.5, 0.6) is 0 Å². The van der Waals surface area contributed by atoms with E-state index < -0.39 is 0 Å². The van der Waals surface area contributed by atoms with Crippen LogP contribution < -0.4 is 24.8 Å². The van der Waals surface area contributed by atoms with Crippen LogP contribution in [0.4, 0.5) is 0 Å². The molecule has 0 aliphatic heterocycles. The van der Waals surface area contributed by atoms with Crippen molar-refractivity contribution in [3.8, 4) is 0 Å². The van der Waals surface area contributed by atoms with E-state index in [0.29, 0.717) is 6.61 Å². The van der Waals surface area contributed by atoms with Gasteiger partial charge >= 0.3 is 21.7 Å². The van der Waals surface area contributed by atoms with Gasteiger partial charge in [-0.15, -0.1) is 6.42 Å². The summed E-state index contributed by atoms with van der Waals surface area (Å²) in [7, 11) is 0. The van der Waals surface area contributed by atoms with E-state index in [9.17, 15) is 0 Å². The van der Waals surface area contributed by atoms with E-state index in [1.54, 1.807) is 0 Å². The van der Waals surface area contributed by atoms with Crippen LogP contribution in [-0.4, -0.2) is 12.2 Å². The fraction of sp³-hybridized carbons (Fsp3) is 0.600. The fourth-order valence-corrected chi connectivity index (χ4v) is 0.844. The predicted molar refractivity (Wildman–Crippen MR) is 46.2 cm³/mol. The number of allylic oxidation sites excluding steroid dienone is 2. The molecule has 0 atom stereocenters. The van der Waals surface area contributed by atoms with E-state index in [1.165, 1.54) is 5.57 Å². The Morgan fingerprint density at radius 1 is 1.36 bits per heavy atom. The molecular weight excluding hydrogens is 255 g/mol. The summed E-state index contributed by atoms with van der Waals surface area (Å²) in [5.41, 5.74) is 1.14. The van der Waals surface area contributed by atoms with Crippen molar-refractivity contribution in [3.05, 3.63) is 23.8 Å². The van der Waals surface area contributed by atoms with E-state index >= 15 is 0 Å². The SMILES string of the molecule is CC(C)(C)OCC1=[C-]CC=C1.[Cl-].[Cl-].[Ti+3]. The Morgan fingerprint density at radius 2 is 1.93 bits per heavy atom. The van der Waals surface area contributed by atoms with Crippen LogP contribution in [0.1, 0.15) is 27.2 Å². The first-order valence-corrected chi connectivity index (χ1v) is 3.98. The van der Waals surface area contributed by atoms with E-state index in [1.807, 2.05) is 0 Å². The van der Waals surface area contributed by atoms with Crippen LogP contribution >= 0.6 is 0 Å². The molecule has 79 valence electrons. The first-order chi connectivity index (χ1) is 5.08. The van der Waals surface area contributed by atoms with Crippen LogP contribution in [0.2, 0.25) is 0 Å². The van der Waals surface area contributed by atoms with Gasteiger partial charge in [0.1, 0.15) is 0 Å². The van der Waals surface area contributed by atoms with Gasteiger partial charge in [0.15, 0.2) is 0 Å². The average molecular weight is 270 g/mol. The Morgan fingerprint density at radius 3 is 2.29 bits per heavy atom. The molecule has 0 aromatic heterocycles. The standard InChI is InChI=1S/C10H15O.2ClH.Ti/c1-10(2,3)11-8-9-6-4-5-7-9;;;/h4,6H,5,8H2,1-3H3;2*1H;/q-1;;;+3/p-2. The normalized spacial score (nSPS) is 13.5. The minimum Gasteiger partial charge on any atom is -1.00 e. The van der Waals surface area contributed by atoms with Crippen molar-refractivity contribution in [2.45, 2.75) is 32.8 Å². The molecule has 0 N–H and O–H groups in total. The molecule has 1 aliphatic rings. The van der Waals surface area contributed by atoms with E-state index in [-0.39, 0.29) is 52.1 Å². The molecule has 1 radical (unpaired) electrons. The van der Waals surface area contributed by atoms with Gasteiger partial charge in [-0.25, -0.2) is 6.08 Å². The van der Waals surface area contributed by atoms with Gasteiger partial charge in [0, 0.05) is 6.61 Å². The third-order valence-corrected chi connectivity index (χ3v) is 1.43. The second kappa shape index (κ2) is 9.00. The number of hydrogen-bond donors (Lipinski definition) is 0. The topological polar surface area (TPSA) is 9.23 Å². The second-order valence-corrected chi connectivity index (χ2v) is 3.71. The maximum atomic E-state index is 5.56. The zero-order valence-electron chi connectivity index (χ0n) is 8.73. The molecule has 1 nitrogen and oxygen atoms in total. The third kappa shape index (κ3) is 9.30. The van der Waals surface area contributed by atoms with Crippen molar-refractivity contribution < 1.29 is 51.3 Å². The van der Waals surface area contributed by atoms with Crippen molar-refractivity contribution in [1.29, 1.82) is 0 Å². The van der Waals surface area contributed by atoms with Crippen LogP contribution in [0.25, 0.3) is 0 Å². The number of hydrogen-bond acceptors (Lipinski definition) is 1. The van der Waals surface area contributed by atoms with Crippen LogP contribution in [0.15, 0.2) is 17.7 Å². The van der Waals surface area contributed by atoms with Gasteiger partial charge in [-0.3, -0.25) is 6.08 Å². The van der Waals surface area contributed by atoms with E-state index in [4.69, 9.17) is 4.74 Å². The zero-order chi connectivity index (χ0) is 8.32. The number of halogens is 2. The van der Waals surface area contributed by atoms with Gasteiger partial charge in [-0.05, 0) is 20.8 Å². The van der Waals surface area contributed by atoms with Crippen LogP contribution in [0.3, 0.4) is 0 Å². The van der Waals surface area contributed by atoms with Gasteiger partial charge in [-0.1, -0.05) is 0 Å². The Kier molecular flexibility index (Phi) is 13.0. The Hall–Kier alpha value is 0.734. The number of rotatable bonds is 2. The summed E-state index contributed by atoms with van der Waals surface area (Å²) < 4.78 is 5.56. The molecule has 0 saturated carbocycles. The molecule has 0 fully saturated rings. The summed E-state index contributed by atoms with van der Waals surface area (Å²) in [6.45, 7) is 6.88. The predicted octanol–water partition coefficient (Wildman–Crippen LogP) is -3.50. The molecule has 0 amide bonds. The third-order valence-electron chi connectivity index (χ3n) is 1.43.